The van der Waals surface area contributed by atoms with Gasteiger partial charge in [0.15, 0.2) is 5.66 Å². The molecule has 26 heavy (non-hydrogen) atoms. The molecule has 0 saturated heterocycles. The molecule has 5 nitrogen and oxygen atoms in total. The van der Waals surface area contributed by atoms with Crippen LogP contribution in [-0.2, 0) is 14.1 Å². The van der Waals surface area contributed by atoms with Crippen LogP contribution in [0.4, 0.5) is 0 Å². The third-order valence-corrected chi connectivity index (χ3v) is 5.89. The third kappa shape index (κ3) is 5.63. The van der Waals surface area contributed by atoms with Gasteiger partial charge in [-0.3, -0.25) is 4.79 Å². The van der Waals surface area contributed by atoms with Crippen molar-refractivity contribution in [3.63, 3.8) is 0 Å². The maximum absolute atomic E-state index is 13.7. The second-order valence-corrected chi connectivity index (χ2v) is 7.83. The largest absolute Gasteiger partial charge is 0.465 e. The number of carbonyl (C=O) groups excluding carboxylic acids is 1. The molecular formula is C20H25O5P. The predicted molar refractivity (Wildman–Crippen MR) is 102 cm³/mol. The number of ether oxygens (including phenoxy) is 1. The van der Waals surface area contributed by atoms with Gasteiger partial charge in [-0.1, -0.05) is 56.2 Å². The van der Waals surface area contributed by atoms with Crippen molar-refractivity contribution in [2.45, 2.75) is 38.8 Å². The Bertz CT molecular complexity index is 672. The van der Waals surface area contributed by atoms with Gasteiger partial charge in [-0.25, -0.2) is 4.57 Å². The highest BCUT2D eigenvalue weighted by atomic mass is 31.2. The summed E-state index contributed by atoms with van der Waals surface area (Å²) in [5.41, 5.74) is -0.984. The highest BCUT2D eigenvalue weighted by Crippen LogP contribution is 2.54. The summed E-state index contributed by atoms with van der Waals surface area (Å²) < 4.78 is 30.4. The zero-order valence-corrected chi connectivity index (χ0v) is 16.1. The topological polar surface area (TPSA) is 61.8 Å². The summed E-state index contributed by atoms with van der Waals surface area (Å²) in [7, 11) is -3.86. The summed E-state index contributed by atoms with van der Waals surface area (Å²) in [5, 5.41) is 0. The van der Waals surface area contributed by atoms with E-state index in [-0.39, 0.29) is 6.61 Å². The van der Waals surface area contributed by atoms with E-state index in [1.165, 1.54) is 0 Å². The molecule has 0 aliphatic heterocycles. The van der Waals surface area contributed by atoms with E-state index in [2.05, 4.69) is 0 Å². The average Bonchev–Trinajstić information content (AvgIpc) is 2.63. The molecule has 0 amide bonds. The Labute approximate surface area is 154 Å². The van der Waals surface area contributed by atoms with Crippen LogP contribution in [0.3, 0.4) is 0 Å². The van der Waals surface area contributed by atoms with E-state index in [1.54, 1.807) is 55.5 Å². The van der Waals surface area contributed by atoms with Crippen molar-refractivity contribution in [1.29, 1.82) is 0 Å². The van der Waals surface area contributed by atoms with Crippen molar-refractivity contribution < 1.29 is 23.1 Å². The quantitative estimate of drug-likeness (QED) is 0.407. The van der Waals surface area contributed by atoms with E-state index in [9.17, 15) is 9.36 Å². The Morgan fingerprint density at radius 2 is 1.42 bits per heavy atom. The Morgan fingerprint density at radius 1 is 0.923 bits per heavy atom. The first kappa shape index (κ1) is 20.1. The van der Waals surface area contributed by atoms with Crippen LogP contribution in [-0.4, -0.2) is 18.2 Å². The maximum Gasteiger partial charge on any atom is 0.445 e. The Hall–Kier alpha value is -2.26. The van der Waals surface area contributed by atoms with Crippen LogP contribution < -0.4 is 9.05 Å². The number of para-hydroxylation sites is 2. The zero-order valence-electron chi connectivity index (χ0n) is 15.2. The first-order valence-corrected chi connectivity index (χ1v) is 10.5. The van der Waals surface area contributed by atoms with Crippen LogP contribution in [0.1, 0.15) is 33.1 Å². The fraction of sp³-hybridized carbons (Fsp3) is 0.350. The Morgan fingerprint density at radius 3 is 1.85 bits per heavy atom. The summed E-state index contributed by atoms with van der Waals surface area (Å²) in [6.07, 6.45) is 1.93. The minimum Gasteiger partial charge on any atom is -0.465 e. The van der Waals surface area contributed by atoms with E-state index in [4.69, 9.17) is 13.8 Å². The monoisotopic (exact) mass is 376 g/mol. The molecule has 2 rings (SSSR count). The lowest BCUT2D eigenvalue weighted by molar-refractivity contribution is -0.143. The molecule has 0 aliphatic carbocycles. The normalized spacial score (nSPS) is 12.2. The van der Waals surface area contributed by atoms with Crippen LogP contribution in [0.2, 0.25) is 0 Å². The van der Waals surface area contributed by atoms with Crippen LogP contribution in [0.15, 0.2) is 60.7 Å². The van der Waals surface area contributed by atoms with Crippen LogP contribution in [0.5, 0.6) is 11.5 Å². The van der Waals surface area contributed by atoms with Gasteiger partial charge >= 0.3 is 13.6 Å². The molecule has 0 radical (unpaired) electrons. The Balaban J connectivity index is 2.37. The molecule has 1 unspecified atom stereocenters. The van der Waals surface area contributed by atoms with Gasteiger partial charge < -0.3 is 13.8 Å². The second kappa shape index (κ2) is 10.0. The van der Waals surface area contributed by atoms with Crippen molar-refractivity contribution in [3.05, 3.63) is 60.7 Å². The van der Waals surface area contributed by atoms with Crippen LogP contribution in [0.25, 0.3) is 0 Å². The Kier molecular flexibility index (Phi) is 7.73. The predicted octanol–water partition coefficient (Wildman–Crippen LogP) is 5.46. The molecule has 0 bridgehead atoms. The van der Waals surface area contributed by atoms with Gasteiger partial charge in [-0.05, 0) is 37.6 Å². The van der Waals surface area contributed by atoms with Gasteiger partial charge in [0, 0.05) is 0 Å². The van der Waals surface area contributed by atoms with Gasteiger partial charge in [0.05, 0.1) is 6.61 Å². The van der Waals surface area contributed by atoms with Crippen molar-refractivity contribution in [2.75, 3.05) is 6.61 Å². The molecule has 0 saturated carbocycles. The minimum atomic E-state index is -3.86. The second-order valence-electron chi connectivity index (χ2n) is 5.76. The van der Waals surface area contributed by atoms with E-state index >= 15 is 0 Å². The molecule has 0 aromatic heterocycles. The number of esters is 1. The maximum atomic E-state index is 13.7. The average molecular weight is 376 g/mol. The summed E-state index contributed by atoms with van der Waals surface area (Å²) >= 11 is 0. The molecule has 0 fully saturated rings. The lowest BCUT2D eigenvalue weighted by Crippen LogP contribution is -2.28. The number of rotatable bonds is 10. The summed E-state index contributed by atoms with van der Waals surface area (Å²) in [6, 6.07) is 17.5. The van der Waals surface area contributed by atoms with Gasteiger partial charge in [-0.15, -0.1) is 0 Å². The zero-order chi connectivity index (χ0) is 18.8. The molecular weight excluding hydrogens is 351 g/mol. The number of benzene rings is 2. The van der Waals surface area contributed by atoms with E-state index < -0.39 is 19.2 Å². The first-order valence-electron chi connectivity index (χ1n) is 8.84. The van der Waals surface area contributed by atoms with Crippen LogP contribution >= 0.6 is 7.60 Å². The molecule has 2 aromatic carbocycles. The highest BCUT2D eigenvalue weighted by molar-refractivity contribution is 7.56. The number of hydrogen-bond donors (Lipinski definition) is 0. The number of hydrogen-bond acceptors (Lipinski definition) is 5. The first-order chi connectivity index (χ1) is 12.6. The van der Waals surface area contributed by atoms with Gasteiger partial charge in [0.1, 0.15) is 11.5 Å². The molecule has 0 heterocycles. The summed E-state index contributed by atoms with van der Waals surface area (Å²) in [5.74, 6) is 0.214. The molecule has 6 heteroatoms. The van der Waals surface area contributed by atoms with Crippen molar-refractivity contribution >= 4 is 13.6 Å². The molecule has 0 N–H and O–H groups in total. The lowest BCUT2D eigenvalue weighted by Gasteiger charge is -2.26. The fourth-order valence-corrected chi connectivity index (χ4v) is 4.40. The van der Waals surface area contributed by atoms with Crippen molar-refractivity contribution in [1.82, 2.24) is 0 Å². The number of carbonyl (C=O) groups is 1. The molecule has 1 atom stereocenters. The standard InChI is InChI=1S/C20H25O5P/c1-3-5-16-19(20(21)23-4-2)26(22,24-17-12-8-6-9-13-17)25-18-14-10-7-11-15-18/h6-15,19H,3-5,16H2,1-2H3. The molecule has 2 aromatic rings. The fourth-order valence-electron chi connectivity index (χ4n) is 2.44. The summed E-state index contributed by atoms with van der Waals surface area (Å²) in [6.45, 7) is 3.93. The summed E-state index contributed by atoms with van der Waals surface area (Å²) in [4.78, 5) is 12.5. The lowest BCUT2D eigenvalue weighted by atomic mass is 10.2. The number of unbranched alkanes of at least 4 members (excludes halogenated alkanes) is 1. The minimum absolute atomic E-state index is 0.206. The SMILES string of the molecule is CCCCC(C(=O)OCC)P(=O)(Oc1ccccc1)Oc1ccccc1. The van der Waals surface area contributed by atoms with Gasteiger partial charge in [0.2, 0.25) is 0 Å². The molecule has 0 aliphatic rings. The van der Waals surface area contributed by atoms with Gasteiger partial charge in [-0.2, -0.15) is 0 Å². The smallest absolute Gasteiger partial charge is 0.445 e. The van der Waals surface area contributed by atoms with E-state index in [0.29, 0.717) is 24.3 Å². The van der Waals surface area contributed by atoms with Crippen LogP contribution in [0, 0.1) is 0 Å². The van der Waals surface area contributed by atoms with Crippen molar-refractivity contribution in [2.24, 2.45) is 0 Å². The molecule has 140 valence electrons. The molecule has 0 spiro atoms. The van der Waals surface area contributed by atoms with E-state index in [1.807, 2.05) is 19.1 Å². The van der Waals surface area contributed by atoms with Gasteiger partial charge in [0.25, 0.3) is 0 Å². The van der Waals surface area contributed by atoms with E-state index in [0.717, 1.165) is 6.42 Å². The third-order valence-electron chi connectivity index (χ3n) is 3.72. The van der Waals surface area contributed by atoms with Crippen molar-refractivity contribution in [3.8, 4) is 11.5 Å². The highest BCUT2D eigenvalue weighted by Gasteiger charge is 2.45.